The van der Waals surface area contributed by atoms with Gasteiger partial charge in [0.1, 0.15) is 23.4 Å². The Morgan fingerprint density at radius 1 is 1.23 bits per heavy atom. The highest BCUT2D eigenvalue weighted by Crippen LogP contribution is 2.34. The van der Waals surface area contributed by atoms with Gasteiger partial charge in [-0.25, -0.2) is 9.18 Å². The molecule has 2 fully saturated rings. The van der Waals surface area contributed by atoms with E-state index >= 15 is 0 Å². The van der Waals surface area contributed by atoms with Crippen molar-refractivity contribution in [2.24, 2.45) is 0 Å². The van der Waals surface area contributed by atoms with E-state index in [9.17, 15) is 24.0 Å². The van der Waals surface area contributed by atoms with Gasteiger partial charge < -0.3 is 10.6 Å². The predicted molar refractivity (Wildman–Crippen MR) is 107 cm³/mol. The lowest BCUT2D eigenvalue weighted by molar-refractivity contribution is -0.136. The molecule has 3 rings (SSSR count). The summed E-state index contributed by atoms with van der Waals surface area (Å²) in [5.74, 6) is -1.50. The summed E-state index contributed by atoms with van der Waals surface area (Å²) in [5, 5.41) is 15.0. The number of carbonyl (C=O) groups is 3. The molecule has 0 spiro atoms. The van der Waals surface area contributed by atoms with Gasteiger partial charge in [0.15, 0.2) is 0 Å². The topological polar surface area (TPSA) is 102 Å². The molecule has 2 aliphatic rings. The number of amides is 4. The van der Waals surface area contributed by atoms with Crippen molar-refractivity contribution < 1.29 is 18.8 Å². The van der Waals surface area contributed by atoms with Crippen molar-refractivity contribution in [3.8, 4) is 6.07 Å². The first-order valence-electron chi connectivity index (χ1n) is 10.5. The van der Waals surface area contributed by atoms with Crippen LogP contribution in [0.4, 0.5) is 9.18 Å². The highest BCUT2D eigenvalue weighted by atomic mass is 19.1. The van der Waals surface area contributed by atoms with E-state index in [0.717, 1.165) is 30.6 Å². The summed E-state index contributed by atoms with van der Waals surface area (Å²) in [6, 6.07) is 7.00. The fraction of sp³-hybridized carbons (Fsp3) is 0.545. The monoisotopic (exact) mass is 414 g/mol. The molecule has 8 heteroatoms. The first-order valence-corrected chi connectivity index (χ1v) is 10.5. The summed E-state index contributed by atoms with van der Waals surface area (Å²) >= 11 is 0. The Balaban J connectivity index is 1.80. The maximum absolute atomic E-state index is 13.4. The Kier molecular flexibility index (Phi) is 6.40. The number of nitrogens with one attached hydrogen (secondary N) is 2. The van der Waals surface area contributed by atoms with Gasteiger partial charge >= 0.3 is 6.03 Å². The van der Waals surface area contributed by atoms with Gasteiger partial charge in [0.25, 0.3) is 5.91 Å². The molecule has 160 valence electrons. The minimum absolute atomic E-state index is 0.347. The molecular weight excluding hydrogens is 387 g/mol. The SMILES string of the molecule is CCCCC1(c2ccc(F)cc2)NC(=O)N(CC(=O)NC2(C#N)CCCCC2)C1=O. The lowest BCUT2D eigenvalue weighted by Gasteiger charge is -2.32. The van der Waals surface area contributed by atoms with Gasteiger partial charge in [-0.1, -0.05) is 51.2 Å². The van der Waals surface area contributed by atoms with Crippen molar-refractivity contribution >= 4 is 17.8 Å². The van der Waals surface area contributed by atoms with Gasteiger partial charge in [-0.2, -0.15) is 5.26 Å². The second kappa shape index (κ2) is 8.82. The molecule has 1 unspecified atom stereocenters. The Hall–Kier alpha value is -2.95. The second-order valence-corrected chi connectivity index (χ2v) is 8.14. The van der Waals surface area contributed by atoms with E-state index in [4.69, 9.17) is 0 Å². The molecule has 1 aromatic carbocycles. The van der Waals surface area contributed by atoms with E-state index in [1.165, 1.54) is 24.3 Å². The molecular formula is C22H27FN4O3. The van der Waals surface area contributed by atoms with Crippen LogP contribution < -0.4 is 10.6 Å². The van der Waals surface area contributed by atoms with E-state index < -0.39 is 41.3 Å². The van der Waals surface area contributed by atoms with Crippen LogP contribution in [0.2, 0.25) is 0 Å². The average molecular weight is 414 g/mol. The zero-order valence-corrected chi connectivity index (χ0v) is 17.2. The van der Waals surface area contributed by atoms with Crippen LogP contribution in [0, 0.1) is 17.1 Å². The summed E-state index contributed by atoms with van der Waals surface area (Å²) in [5.41, 5.74) is -1.77. The number of imide groups is 1. The number of halogens is 1. The maximum atomic E-state index is 13.4. The Labute approximate surface area is 175 Å². The smallest absolute Gasteiger partial charge is 0.325 e. The van der Waals surface area contributed by atoms with Crippen LogP contribution >= 0.6 is 0 Å². The van der Waals surface area contributed by atoms with Crippen molar-refractivity contribution in [1.29, 1.82) is 5.26 Å². The highest BCUT2D eigenvalue weighted by molar-refractivity contribution is 6.09. The van der Waals surface area contributed by atoms with Gasteiger partial charge in [-0.3, -0.25) is 14.5 Å². The minimum atomic E-state index is -1.32. The van der Waals surface area contributed by atoms with Crippen molar-refractivity contribution in [2.75, 3.05) is 6.54 Å². The van der Waals surface area contributed by atoms with Crippen LogP contribution in [0.1, 0.15) is 63.9 Å². The van der Waals surface area contributed by atoms with Crippen LogP contribution in [0.15, 0.2) is 24.3 Å². The van der Waals surface area contributed by atoms with Crippen molar-refractivity contribution in [1.82, 2.24) is 15.5 Å². The third-order valence-corrected chi connectivity index (χ3v) is 6.02. The normalized spacial score (nSPS) is 23.0. The molecule has 1 heterocycles. The maximum Gasteiger partial charge on any atom is 0.325 e. The minimum Gasteiger partial charge on any atom is -0.336 e. The van der Waals surface area contributed by atoms with E-state index in [1.54, 1.807) is 0 Å². The lowest BCUT2D eigenvalue weighted by atomic mass is 9.83. The molecule has 1 aliphatic heterocycles. The average Bonchev–Trinajstić information content (AvgIpc) is 2.98. The van der Waals surface area contributed by atoms with Crippen LogP contribution in [0.5, 0.6) is 0 Å². The van der Waals surface area contributed by atoms with Crippen LogP contribution in [-0.4, -0.2) is 34.8 Å². The summed E-state index contributed by atoms with van der Waals surface area (Å²) < 4.78 is 13.4. The molecule has 30 heavy (non-hydrogen) atoms. The van der Waals surface area contributed by atoms with Crippen molar-refractivity contribution in [3.63, 3.8) is 0 Å². The number of nitrogens with zero attached hydrogens (tertiary/aromatic N) is 2. The molecule has 1 atom stereocenters. The number of rotatable bonds is 7. The molecule has 7 nitrogen and oxygen atoms in total. The number of nitriles is 1. The van der Waals surface area contributed by atoms with E-state index in [2.05, 4.69) is 16.7 Å². The largest absolute Gasteiger partial charge is 0.336 e. The number of urea groups is 1. The Bertz CT molecular complexity index is 858. The fourth-order valence-electron chi connectivity index (χ4n) is 4.33. The zero-order chi connectivity index (χ0) is 21.8. The summed E-state index contributed by atoms with van der Waals surface area (Å²) in [4.78, 5) is 39.5. The molecule has 0 bridgehead atoms. The number of benzene rings is 1. The third-order valence-electron chi connectivity index (χ3n) is 6.02. The first kappa shape index (κ1) is 21.8. The van der Waals surface area contributed by atoms with Gasteiger partial charge in [-0.15, -0.1) is 0 Å². The number of unbranched alkanes of at least 4 members (excludes halogenated alkanes) is 1. The number of hydrogen-bond donors (Lipinski definition) is 2. The molecule has 0 radical (unpaired) electrons. The molecule has 4 amide bonds. The van der Waals surface area contributed by atoms with Crippen LogP contribution in [-0.2, 0) is 15.1 Å². The fourth-order valence-corrected chi connectivity index (χ4v) is 4.33. The second-order valence-electron chi connectivity index (χ2n) is 8.14. The quantitative estimate of drug-likeness (QED) is 0.669. The van der Waals surface area contributed by atoms with Gasteiger partial charge in [0, 0.05) is 0 Å². The zero-order valence-electron chi connectivity index (χ0n) is 17.2. The van der Waals surface area contributed by atoms with Crippen LogP contribution in [0.3, 0.4) is 0 Å². The standard InChI is InChI=1S/C22H27FN4O3/c1-2-3-13-22(16-7-9-17(23)10-8-16)19(29)27(20(30)26-22)14-18(28)25-21(15-24)11-5-4-6-12-21/h7-10H,2-6,11-14H2,1H3,(H,25,28)(H,26,30). The lowest BCUT2D eigenvalue weighted by Crippen LogP contribution is -2.52. The highest BCUT2D eigenvalue weighted by Gasteiger charge is 2.52. The summed E-state index contributed by atoms with van der Waals surface area (Å²) in [6.45, 7) is 1.51. The van der Waals surface area contributed by atoms with E-state index in [1.807, 2.05) is 6.92 Å². The van der Waals surface area contributed by atoms with E-state index in [0.29, 0.717) is 31.2 Å². The molecule has 1 saturated heterocycles. The van der Waals surface area contributed by atoms with Crippen molar-refractivity contribution in [3.05, 3.63) is 35.6 Å². The molecule has 1 saturated carbocycles. The number of hydrogen-bond acceptors (Lipinski definition) is 4. The van der Waals surface area contributed by atoms with Gasteiger partial charge in [0.2, 0.25) is 5.91 Å². The van der Waals surface area contributed by atoms with E-state index in [-0.39, 0.29) is 0 Å². The van der Waals surface area contributed by atoms with Gasteiger partial charge in [0.05, 0.1) is 6.07 Å². The summed E-state index contributed by atoms with van der Waals surface area (Å²) in [6.07, 6.45) is 5.66. The number of carbonyl (C=O) groups excluding carboxylic acids is 3. The molecule has 2 N–H and O–H groups in total. The molecule has 1 aliphatic carbocycles. The Morgan fingerprint density at radius 2 is 1.90 bits per heavy atom. The summed E-state index contributed by atoms with van der Waals surface area (Å²) in [7, 11) is 0. The van der Waals surface area contributed by atoms with Gasteiger partial charge in [-0.05, 0) is 37.0 Å². The molecule has 0 aromatic heterocycles. The third kappa shape index (κ3) is 4.16. The molecule has 1 aromatic rings. The first-order chi connectivity index (χ1) is 14.4. The Morgan fingerprint density at radius 3 is 2.50 bits per heavy atom. The van der Waals surface area contributed by atoms with Crippen LogP contribution in [0.25, 0.3) is 0 Å². The predicted octanol–water partition coefficient (Wildman–Crippen LogP) is 3.11. The van der Waals surface area contributed by atoms with Crippen molar-refractivity contribution in [2.45, 2.75) is 69.4 Å².